The van der Waals surface area contributed by atoms with E-state index in [-0.39, 0.29) is 18.6 Å². The number of thioether (sulfide) groups is 1. The summed E-state index contributed by atoms with van der Waals surface area (Å²) in [5.41, 5.74) is 0.908. The van der Waals surface area contributed by atoms with Gasteiger partial charge in [0.15, 0.2) is 12.4 Å². The van der Waals surface area contributed by atoms with Crippen molar-refractivity contribution in [1.82, 2.24) is 0 Å². The van der Waals surface area contributed by atoms with Crippen molar-refractivity contribution in [3.05, 3.63) is 60.2 Å². The number of benzene rings is 2. The Labute approximate surface area is 159 Å². The van der Waals surface area contributed by atoms with E-state index < -0.39 is 24.2 Å². The Kier molecular flexibility index (Phi) is 7.94. The number of amides is 1. The Bertz CT molecular complexity index is 782. The van der Waals surface area contributed by atoms with Crippen LogP contribution in [0.3, 0.4) is 0 Å². The average Bonchev–Trinajstić information content (AvgIpc) is 2.66. The molecule has 0 aliphatic rings. The van der Waals surface area contributed by atoms with Crippen molar-refractivity contribution in [3.8, 4) is 0 Å². The average molecular weight is 393 g/mol. The number of nitrogens with one attached hydrogen (secondary N) is 1. The zero-order valence-electron chi connectivity index (χ0n) is 14.2. The van der Waals surface area contributed by atoms with Crippen LogP contribution < -0.4 is 5.32 Å². The van der Waals surface area contributed by atoms with Gasteiger partial charge in [-0.15, -0.1) is 0 Å². The molecule has 0 heterocycles. The minimum absolute atomic E-state index is 0.00622. The Balaban J connectivity index is 1.70. The van der Waals surface area contributed by atoms with Crippen LogP contribution in [0, 0.1) is 0 Å². The van der Waals surface area contributed by atoms with Crippen LogP contribution in [0.2, 0.25) is 0 Å². The normalized spacial score (nSPS) is 10.5. The SMILES string of the molecule is O=C(COC(=O)CCC(=O)c1ccccc1)Nc1ccc(SC(F)F)cc1. The van der Waals surface area contributed by atoms with Gasteiger partial charge in [-0.1, -0.05) is 42.1 Å². The van der Waals surface area contributed by atoms with Crippen molar-refractivity contribution in [3.63, 3.8) is 0 Å². The molecule has 0 atom stereocenters. The summed E-state index contributed by atoms with van der Waals surface area (Å²) >= 11 is 0.403. The van der Waals surface area contributed by atoms with E-state index in [2.05, 4.69) is 5.32 Å². The highest BCUT2D eigenvalue weighted by Crippen LogP contribution is 2.26. The van der Waals surface area contributed by atoms with Gasteiger partial charge in [0.2, 0.25) is 0 Å². The van der Waals surface area contributed by atoms with E-state index in [0.717, 1.165) is 0 Å². The first-order valence-corrected chi connectivity index (χ1v) is 8.90. The number of Topliss-reactive ketones (excluding diaryl/α,β-unsaturated/α-hetero) is 1. The minimum atomic E-state index is -2.52. The van der Waals surface area contributed by atoms with Crippen LogP contribution in [-0.4, -0.2) is 30.0 Å². The monoisotopic (exact) mass is 393 g/mol. The number of esters is 1. The molecular weight excluding hydrogens is 376 g/mol. The number of halogens is 2. The number of ketones is 1. The van der Waals surface area contributed by atoms with Gasteiger partial charge >= 0.3 is 5.97 Å². The maximum absolute atomic E-state index is 12.2. The highest BCUT2D eigenvalue weighted by molar-refractivity contribution is 7.99. The first-order valence-electron chi connectivity index (χ1n) is 8.02. The molecule has 0 aliphatic carbocycles. The molecule has 2 aromatic rings. The molecule has 1 N–H and O–H groups in total. The maximum Gasteiger partial charge on any atom is 0.306 e. The fraction of sp³-hybridized carbons (Fsp3) is 0.211. The molecule has 0 fully saturated rings. The molecule has 0 aromatic heterocycles. The number of rotatable bonds is 9. The molecule has 27 heavy (non-hydrogen) atoms. The first-order chi connectivity index (χ1) is 12.9. The minimum Gasteiger partial charge on any atom is -0.456 e. The van der Waals surface area contributed by atoms with Crippen molar-refractivity contribution in [2.45, 2.75) is 23.5 Å². The van der Waals surface area contributed by atoms with Gasteiger partial charge in [-0.3, -0.25) is 14.4 Å². The molecular formula is C19H17F2NO4S. The highest BCUT2D eigenvalue weighted by Gasteiger charge is 2.12. The topological polar surface area (TPSA) is 72.5 Å². The van der Waals surface area contributed by atoms with E-state index >= 15 is 0 Å². The second kappa shape index (κ2) is 10.4. The van der Waals surface area contributed by atoms with Crippen molar-refractivity contribution in [1.29, 1.82) is 0 Å². The molecule has 8 heteroatoms. The molecule has 0 spiro atoms. The second-order valence-corrected chi connectivity index (χ2v) is 6.46. The number of anilines is 1. The molecule has 1 amide bonds. The van der Waals surface area contributed by atoms with Crippen LogP contribution in [0.1, 0.15) is 23.2 Å². The summed E-state index contributed by atoms with van der Waals surface area (Å²) in [6.45, 7) is -0.494. The van der Waals surface area contributed by atoms with E-state index in [1.54, 1.807) is 30.3 Å². The summed E-state index contributed by atoms with van der Waals surface area (Å²) in [4.78, 5) is 35.7. The third-order valence-corrected chi connectivity index (χ3v) is 4.10. The molecule has 5 nitrogen and oxygen atoms in total. The smallest absolute Gasteiger partial charge is 0.306 e. The predicted molar refractivity (Wildman–Crippen MR) is 97.9 cm³/mol. The van der Waals surface area contributed by atoms with Crippen molar-refractivity contribution in [2.24, 2.45) is 0 Å². The molecule has 0 saturated heterocycles. The summed E-state index contributed by atoms with van der Waals surface area (Å²) in [5, 5.41) is 2.49. The Morgan fingerprint density at radius 1 is 0.963 bits per heavy atom. The van der Waals surface area contributed by atoms with E-state index in [0.29, 0.717) is 27.9 Å². The number of hydrogen-bond donors (Lipinski definition) is 1. The fourth-order valence-electron chi connectivity index (χ4n) is 2.12. The third kappa shape index (κ3) is 7.57. The molecule has 0 aliphatic heterocycles. The molecule has 0 bridgehead atoms. The molecule has 0 radical (unpaired) electrons. The summed E-state index contributed by atoms with van der Waals surface area (Å²) in [6, 6.07) is 14.4. The standard InChI is InChI=1S/C19H17F2NO4S/c20-19(21)27-15-8-6-14(7-9-15)22-17(24)12-26-18(25)11-10-16(23)13-4-2-1-3-5-13/h1-9,19H,10-12H2,(H,22,24). The Morgan fingerprint density at radius 2 is 1.63 bits per heavy atom. The lowest BCUT2D eigenvalue weighted by atomic mass is 10.1. The Hall–Kier alpha value is -2.74. The lowest BCUT2D eigenvalue weighted by Crippen LogP contribution is -2.21. The number of hydrogen-bond acceptors (Lipinski definition) is 5. The number of carbonyl (C=O) groups is 3. The van der Waals surface area contributed by atoms with Gasteiger partial charge in [-0.05, 0) is 24.3 Å². The van der Waals surface area contributed by atoms with Crippen LogP contribution >= 0.6 is 11.8 Å². The van der Waals surface area contributed by atoms with Crippen LogP contribution in [0.4, 0.5) is 14.5 Å². The molecule has 0 saturated carbocycles. The van der Waals surface area contributed by atoms with Gasteiger partial charge in [0.1, 0.15) is 0 Å². The van der Waals surface area contributed by atoms with Gasteiger partial charge in [0.25, 0.3) is 11.7 Å². The predicted octanol–water partition coefficient (Wildman–Crippen LogP) is 4.15. The molecule has 2 aromatic carbocycles. The quantitative estimate of drug-likeness (QED) is 0.394. The van der Waals surface area contributed by atoms with Gasteiger partial charge < -0.3 is 10.1 Å². The zero-order valence-corrected chi connectivity index (χ0v) is 15.0. The summed E-state index contributed by atoms with van der Waals surface area (Å²) in [7, 11) is 0. The molecule has 142 valence electrons. The van der Waals surface area contributed by atoms with Crippen molar-refractivity contribution in [2.75, 3.05) is 11.9 Å². The summed E-state index contributed by atoms with van der Waals surface area (Å²) in [5.74, 6) is -3.91. The lowest BCUT2D eigenvalue weighted by Gasteiger charge is -2.07. The van der Waals surface area contributed by atoms with E-state index in [4.69, 9.17) is 4.74 Å². The summed E-state index contributed by atoms with van der Waals surface area (Å²) in [6.07, 6.45) is -0.131. The maximum atomic E-state index is 12.2. The van der Waals surface area contributed by atoms with Crippen LogP contribution in [-0.2, 0) is 14.3 Å². The van der Waals surface area contributed by atoms with Crippen LogP contribution in [0.5, 0.6) is 0 Å². The number of ether oxygens (including phenoxy) is 1. The molecule has 0 unspecified atom stereocenters. The van der Waals surface area contributed by atoms with Gasteiger partial charge in [-0.2, -0.15) is 8.78 Å². The number of alkyl halides is 2. The second-order valence-electron chi connectivity index (χ2n) is 5.40. The van der Waals surface area contributed by atoms with E-state index in [1.165, 1.54) is 24.3 Å². The van der Waals surface area contributed by atoms with E-state index in [9.17, 15) is 23.2 Å². The highest BCUT2D eigenvalue weighted by atomic mass is 32.2. The van der Waals surface area contributed by atoms with Crippen molar-refractivity contribution >= 4 is 35.1 Å². The van der Waals surface area contributed by atoms with Gasteiger partial charge in [0, 0.05) is 22.6 Å². The van der Waals surface area contributed by atoms with Crippen molar-refractivity contribution < 1.29 is 27.9 Å². The van der Waals surface area contributed by atoms with Crippen LogP contribution in [0.25, 0.3) is 0 Å². The van der Waals surface area contributed by atoms with Gasteiger partial charge in [0.05, 0.1) is 6.42 Å². The lowest BCUT2D eigenvalue weighted by molar-refractivity contribution is -0.147. The van der Waals surface area contributed by atoms with Crippen LogP contribution in [0.15, 0.2) is 59.5 Å². The summed E-state index contributed by atoms with van der Waals surface area (Å²) < 4.78 is 29.3. The number of carbonyl (C=O) groups excluding carboxylic acids is 3. The molecule has 2 rings (SSSR count). The Morgan fingerprint density at radius 3 is 2.26 bits per heavy atom. The fourth-order valence-corrected chi connectivity index (χ4v) is 2.62. The largest absolute Gasteiger partial charge is 0.456 e. The zero-order chi connectivity index (χ0) is 19.6. The first kappa shape index (κ1) is 20.6. The third-order valence-electron chi connectivity index (χ3n) is 3.38. The van der Waals surface area contributed by atoms with E-state index in [1.807, 2.05) is 0 Å². The van der Waals surface area contributed by atoms with Gasteiger partial charge in [-0.25, -0.2) is 0 Å².